The molecule has 1 rings (SSSR count). The molecule has 4 heteroatoms. The first-order valence-electron chi connectivity index (χ1n) is 4.66. The van der Waals surface area contributed by atoms with E-state index in [9.17, 15) is 9.59 Å². The van der Waals surface area contributed by atoms with Crippen molar-refractivity contribution in [3.05, 3.63) is 0 Å². The zero-order chi connectivity index (χ0) is 9.84. The average Bonchev–Trinajstić information content (AvgIpc) is 2.29. The fraction of sp³-hybridized carbons (Fsp3) is 0.778. The molecule has 2 amide bonds. The molecule has 0 saturated carbocycles. The predicted octanol–water partition coefficient (Wildman–Crippen LogP) is 0.0372. The van der Waals surface area contributed by atoms with Gasteiger partial charge in [-0.3, -0.25) is 14.9 Å². The van der Waals surface area contributed by atoms with E-state index in [0.29, 0.717) is 5.92 Å². The van der Waals surface area contributed by atoms with Gasteiger partial charge in [0.15, 0.2) is 0 Å². The molecule has 1 unspecified atom stereocenters. The summed E-state index contributed by atoms with van der Waals surface area (Å²) in [4.78, 5) is 21.9. The van der Waals surface area contributed by atoms with E-state index >= 15 is 0 Å². The van der Waals surface area contributed by atoms with Crippen LogP contribution in [0, 0.1) is 5.92 Å². The molecule has 1 aliphatic rings. The average molecular weight is 184 g/mol. The van der Waals surface area contributed by atoms with E-state index in [-0.39, 0.29) is 24.3 Å². The summed E-state index contributed by atoms with van der Waals surface area (Å²) in [5.41, 5.74) is 0. The third kappa shape index (κ3) is 3.14. The first-order chi connectivity index (χ1) is 6.09. The number of nitrogens with one attached hydrogen (secondary N) is 2. The zero-order valence-corrected chi connectivity index (χ0v) is 8.09. The van der Waals surface area contributed by atoms with Gasteiger partial charge in [0.2, 0.25) is 11.8 Å². The number of hydrogen-bond acceptors (Lipinski definition) is 3. The van der Waals surface area contributed by atoms with E-state index in [4.69, 9.17) is 0 Å². The molecule has 0 bridgehead atoms. The Kier molecular flexibility index (Phi) is 3.42. The van der Waals surface area contributed by atoms with Crippen LogP contribution >= 0.6 is 0 Å². The Labute approximate surface area is 78.1 Å². The van der Waals surface area contributed by atoms with Crippen molar-refractivity contribution in [2.75, 3.05) is 6.54 Å². The van der Waals surface area contributed by atoms with Crippen LogP contribution in [0.25, 0.3) is 0 Å². The lowest BCUT2D eigenvalue weighted by Gasteiger charge is -2.09. The van der Waals surface area contributed by atoms with E-state index in [2.05, 4.69) is 24.5 Å². The highest BCUT2D eigenvalue weighted by atomic mass is 16.2. The maximum Gasteiger partial charge on any atom is 0.244 e. The van der Waals surface area contributed by atoms with Gasteiger partial charge in [-0.05, 0) is 18.9 Å². The second-order valence-electron chi connectivity index (χ2n) is 3.81. The Bertz CT molecular complexity index is 214. The Balaban J connectivity index is 2.22. The van der Waals surface area contributed by atoms with Crippen LogP contribution in [0.4, 0.5) is 0 Å². The minimum absolute atomic E-state index is 0.174. The highest BCUT2D eigenvalue weighted by Gasteiger charge is 2.29. The van der Waals surface area contributed by atoms with Crippen molar-refractivity contribution < 1.29 is 9.59 Å². The Morgan fingerprint density at radius 2 is 2.23 bits per heavy atom. The van der Waals surface area contributed by atoms with Crippen molar-refractivity contribution >= 4 is 11.8 Å². The van der Waals surface area contributed by atoms with Crippen LogP contribution in [-0.2, 0) is 9.59 Å². The first-order valence-corrected chi connectivity index (χ1v) is 4.66. The van der Waals surface area contributed by atoms with Gasteiger partial charge in [0.1, 0.15) is 0 Å². The summed E-state index contributed by atoms with van der Waals surface area (Å²) in [6.07, 6.45) is 1.31. The van der Waals surface area contributed by atoms with Crippen LogP contribution in [-0.4, -0.2) is 24.4 Å². The second kappa shape index (κ2) is 4.37. The summed E-state index contributed by atoms with van der Waals surface area (Å²) >= 11 is 0. The molecule has 74 valence electrons. The molecule has 1 aliphatic heterocycles. The van der Waals surface area contributed by atoms with Gasteiger partial charge in [-0.1, -0.05) is 13.8 Å². The minimum atomic E-state index is -0.300. The first kappa shape index (κ1) is 10.2. The van der Waals surface area contributed by atoms with Crippen LogP contribution in [0.2, 0.25) is 0 Å². The highest BCUT2D eigenvalue weighted by Crippen LogP contribution is 2.02. The summed E-state index contributed by atoms with van der Waals surface area (Å²) in [6.45, 7) is 5.05. The summed E-state index contributed by atoms with van der Waals surface area (Å²) in [7, 11) is 0. The van der Waals surface area contributed by atoms with Gasteiger partial charge in [-0.25, -0.2) is 0 Å². The van der Waals surface area contributed by atoms with E-state index in [1.165, 1.54) is 0 Å². The van der Waals surface area contributed by atoms with Crippen molar-refractivity contribution in [3.8, 4) is 0 Å². The molecule has 1 atom stereocenters. The largest absolute Gasteiger partial charge is 0.305 e. The number of carbonyl (C=O) groups excluding carboxylic acids is 2. The van der Waals surface area contributed by atoms with E-state index in [0.717, 1.165) is 13.0 Å². The van der Waals surface area contributed by atoms with Crippen molar-refractivity contribution in [3.63, 3.8) is 0 Å². The molecular formula is C9H16N2O2. The van der Waals surface area contributed by atoms with Gasteiger partial charge in [-0.2, -0.15) is 0 Å². The van der Waals surface area contributed by atoms with Crippen LogP contribution in [0.1, 0.15) is 26.7 Å². The summed E-state index contributed by atoms with van der Waals surface area (Å²) in [6, 6.07) is -0.300. The SMILES string of the molecule is CC(C)CCNC1CC(=O)NC1=O. The smallest absolute Gasteiger partial charge is 0.244 e. The predicted molar refractivity (Wildman–Crippen MR) is 49.0 cm³/mol. The van der Waals surface area contributed by atoms with Crippen LogP contribution in [0.15, 0.2) is 0 Å². The van der Waals surface area contributed by atoms with Gasteiger partial charge in [-0.15, -0.1) is 0 Å². The van der Waals surface area contributed by atoms with E-state index < -0.39 is 0 Å². The second-order valence-corrected chi connectivity index (χ2v) is 3.81. The molecule has 0 aromatic heterocycles. The summed E-state index contributed by atoms with van der Waals surface area (Å²) in [5.74, 6) is 0.258. The lowest BCUT2D eigenvalue weighted by atomic mass is 10.1. The van der Waals surface area contributed by atoms with Gasteiger partial charge in [0.25, 0.3) is 0 Å². The standard InChI is InChI=1S/C9H16N2O2/c1-6(2)3-4-10-7-5-8(12)11-9(7)13/h6-7,10H,3-5H2,1-2H3,(H,11,12,13). The van der Waals surface area contributed by atoms with E-state index in [1.807, 2.05) is 0 Å². The van der Waals surface area contributed by atoms with Crippen molar-refractivity contribution in [1.29, 1.82) is 0 Å². The zero-order valence-electron chi connectivity index (χ0n) is 8.09. The fourth-order valence-electron chi connectivity index (χ4n) is 1.26. The lowest BCUT2D eigenvalue weighted by molar-refractivity contribution is -0.125. The van der Waals surface area contributed by atoms with Gasteiger partial charge in [0, 0.05) is 0 Å². The molecule has 4 nitrogen and oxygen atoms in total. The molecule has 0 spiro atoms. The van der Waals surface area contributed by atoms with Crippen LogP contribution in [0.5, 0.6) is 0 Å². The molecular weight excluding hydrogens is 168 g/mol. The molecule has 0 aromatic rings. The van der Waals surface area contributed by atoms with Crippen molar-refractivity contribution in [1.82, 2.24) is 10.6 Å². The van der Waals surface area contributed by atoms with Gasteiger partial charge < -0.3 is 5.32 Å². The van der Waals surface area contributed by atoms with E-state index in [1.54, 1.807) is 0 Å². The monoisotopic (exact) mass is 184 g/mol. The van der Waals surface area contributed by atoms with Crippen molar-refractivity contribution in [2.45, 2.75) is 32.7 Å². The summed E-state index contributed by atoms with van der Waals surface area (Å²) < 4.78 is 0. The van der Waals surface area contributed by atoms with Gasteiger partial charge in [0.05, 0.1) is 12.5 Å². The number of carbonyl (C=O) groups is 2. The molecule has 0 radical (unpaired) electrons. The Morgan fingerprint density at radius 1 is 1.54 bits per heavy atom. The highest BCUT2D eigenvalue weighted by molar-refractivity contribution is 6.05. The van der Waals surface area contributed by atoms with Gasteiger partial charge >= 0.3 is 0 Å². The molecule has 0 aromatic carbocycles. The quantitative estimate of drug-likeness (QED) is 0.606. The van der Waals surface area contributed by atoms with Crippen LogP contribution < -0.4 is 10.6 Å². The Morgan fingerprint density at radius 3 is 2.69 bits per heavy atom. The fourth-order valence-corrected chi connectivity index (χ4v) is 1.26. The van der Waals surface area contributed by atoms with Crippen LogP contribution in [0.3, 0.4) is 0 Å². The van der Waals surface area contributed by atoms with Crippen molar-refractivity contribution in [2.24, 2.45) is 5.92 Å². The number of amides is 2. The maximum atomic E-state index is 11.1. The summed E-state index contributed by atoms with van der Waals surface area (Å²) in [5, 5.41) is 5.32. The Hall–Kier alpha value is -0.900. The lowest BCUT2D eigenvalue weighted by Crippen LogP contribution is -2.37. The topological polar surface area (TPSA) is 58.2 Å². The molecule has 1 fully saturated rings. The maximum absolute atomic E-state index is 11.1. The number of rotatable bonds is 4. The molecule has 2 N–H and O–H groups in total. The third-order valence-corrected chi connectivity index (χ3v) is 2.08. The number of imide groups is 1. The molecule has 13 heavy (non-hydrogen) atoms. The number of hydrogen-bond donors (Lipinski definition) is 2. The molecule has 1 saturated heterocycles. The minimum Gasteiger partial charge on any atom is -0.305 e. The normalized spacial score (nSPS) is 22.5. The molecule has 0 aliphatic carbocycles. The third-order valence-electron chi connectivity index (χ3n) is 2.08. The molecule has 1 heterocycles.